The molecule has 0 saturated heterocycles. The van der Waals surface area contributed by atoms with E-state index < -0.39 is 8.07 Å². The number of fused-ring (bicyclic) bond motifs is 1. The van der Waals surface area contributed by atoms with Gasteiger partial charge < -0.3 is 4.74 Å². The van der Waals surface area contributed by atoms with Gasteiger partial charge in [0, 0.05) is 38.4 Å². The van der Waals surface area contributed by atoms with Gasteiger partial charge in [-0.2, -0.15) is 5.10 Å². The molecule has 1 aromatic heterocycles. The van der Waals surface area contributed by atoms with Gasteiger partial charge in [-0.05, 0) is 24.6 Å². The monoisotopic (exact) mass is 363 g/mol. The van der Waals surface area contributed by atoms with E-state index in [1.807, 2.05) is 22.9 Å². The highest BCUT2D eigenvalue weighted by Crippen LogP contribution is 2.21. The van der Waals surface area contributed by atoms with E-state index in [4.69, 9.17) is 9.57 Å². The summed E-state index contributed by atoms with van der Waals surface area (Å²) in [5.41, 5.74) is 2.49. The smallest absolute Gasteiger partial charge is 0.277 e. The molecule has 1 heterocycles. The molecule has 0 aliphatic carbocycles. The maximum atomic E-state index is 12.2. The van der Waals surface area contributed by atoms with Gasteiger partial charge in [0.25, 0.3) is 5.91 Å². The zero-order valence-corrected chi connectivity index (χ0v) is 17.1. The third-order valence-corrected chi connectivity index (χ3v) is 5.90. The Hall–Kier alpha value is -1.70. The van der Waals surface area contributed by atoms with E-state index in [9.17, 15) is 4.79 Å². The van der Waals surface area contributed by atoms with Crippen molar-refractivity contribution in [3.63, 3.8) is 0 Å². The van der Waals surface area contributed by atoms with Crippen molar-refractivity contribution in [1.29, 1.82) is 0 Å². The van der Waals surface area contributed by atoms with Gasteiger partial charge in [0.05, 0.1) is 12.6 Å². The molecule has 2 rings (SSSR count). The van der Waals surface area contributed by atoms with Crippen molar-refractivity contribution in [3.8, 4) is 0 Å². The normalized spacial score (nSPS) is 11.9. The van der Waals surface area contributed by atoms with Gasteiger partial charge in [-0.15, -0.1) is 0 Å². The Morgan fingerprint density at radius 3 is 2.64 bits per heavy atom. The summed E-state index contributed by atoms with van der Waals surface area (Å²) in [4.78, 5) is 17.2. The molecule has 0 spiro atoms. The third-order valence-electron chi connectivity index (χ3n) is 4.20. The van der Waals surface area contributed by atoms with Crippen LogP contribution in [-0.2, 0) is 22.7 Å². The van der Waals surface area contributed by atoms with Gasteiger partial charge in [-0.25, -0.2) is 9.75 Å². The highest BCUT2D eigenvalue weighted by Gasteiger charge is 2.16. The van der Waals surface area contributed by atoms with Crippen LogP contribution >= 0.6 is 0 Å². The van der Waals surface area contributed by atoms with E-state index in [2.05, 4.69) is 31.7 Å². The first-order valence-corrected chi connectivity index (χ1v) is 12.4. The summed E-state index contributed by atoms with van der Waals surface area (Å²) in [6.07, 6.45) is 0.860. The van der Waals surface area contributed by atoms with E-state index in [1.165, 1.54) is 12.2 Å². The molecule has 0 saturated carbocycles. The molecular formula is C18H29N3O3Si. The van der Waals surface area contributed by atoms with Gasteiger partial charge in [0.15, 0.2) is 0 Å². The number of ether oxygens (including phenoxy) is 1. The number of hydroxylamine groups is 2. The summed E-state index contributed by atoms with van der Waals surface area (Å²) in [5, 5.41) is 6.91. The first-order valence-electron chi connectivity index (χ1n) is 8.66. The molecule has 0 radical (unpaired) electrons. The average molecular weight is 364 g/mol. The Morgan fingerprint density at radius 1 is 1.32 bits per heavy atom. The molecule has 0 bridgehead atoms. The second-order valence-corrected chi connectivity index (χ2v) is 13.0. The minimum absolute atomic E-state index is 0.191. The second-order valence-electron chi connectivity index (χ2n) is 7.36. The third kappa shape index (κ3) is 4.90. The van der Waals surface area contributed by atoms with E-state index >= 15 is 0 Å². The van der Waals surface area contributed by atoms with Crippen molar-refractivity contribution in [2.45, 2.75) is 45.8 Å². The summed E-state index contributed by atoms with van der Waals surface area (Å²) in [5.74, 6) is -0.191. The van der Waals surface area contributed by atoms with E-state index in [1.54, 1.807) is 7.05 Å². The maximum Gasteiger partial charge on any atom is 0.277 e. The fourth-order valence-electron chi connectivity index (χ4n) is 2.59. The average Bonchev–Trinajstić information content (AvgIpc) is 2.92. The Morgan fingerprint density at radius 2 is 2.04 bits per heavy atom. The lowest BCUT2D eigenvalue weighted by molar-refractivity contribution is -0.0756. The fourth-order valence-corrected chi connectivity index (χ4v) is 3.35. The molecule has 0 fully saturated rings. The lowest BCUT2D eigenvalue weighted by atomic mass is 10.1. The zero-order chi connectivity index (χ0) is 18.6. The molecule has 0 N–H and O–H groups in total. The number of hydrogen-bond donors (Lipinski definition) is 0. The molecule has 2 aromatic rings. The zero-order valence-electron chi connectivity index (χ0n) is 16.1. The largest absolute Gasteiger partial charge is 0.360 e. The summed E-state index contributed by atoms with van der Waals surface area (Å²) >= 11 is 0. The molecular weight excluding hydrogens is 334 g/mol. The van der Waals surface area contributed by atoms with Gasteiger partial charge in [0.2, 0.25) is 0 Å². The number of amides is 1. The van der Waals surface area contributed by atoms with Crippen molar-refractivity contribution in [3.05, 3.63) is 29.5 Å². The van der Waals surface area contributed by atoms with Crippen molar-refractivity contribution < 1.29 is 14.4 Å². The number of carbonyl (C=O) groups is 1. The SMILES string of the molecule is CCc1c2ccc(C(=O)N(C)OC)cc2nn1COCC[Si](C)(C)C. The molecule has 1 aromatic carbocycles. The lowest BCUT2D eigenvalue weighted by Gasteiger charge is -2.15. The van der Waals surface area contributed by atoms with Crippen LogP contribution in [0.15, 0.2) is 18.2 Å². The van der Waals surface area contributed by atoms with Crippen molar-refractivity contribution in [2.24, 2.45) is 0 Å². The second kappa shape index (κ2) is 8.12. The lowest BCUT2D eigenvalue weighted by Crippen LogP contribution is -2.25. The highest BCUT2D eigenvalue weighted by molar-refractivity contribution is 6.76. The molecule has 25 heavy (non-hydrogen) atoms. The molecule has 0 atom stereocenters. The number of nitrogens with zero attached hydrogens (tertiary/aromatic N) is 3. The van der Waals surface area contributed by atoms with Crippen LogP contribution in [0.4, 0.5) is 0 Å². The van der Waals surface area contributed by atoms with Gasteiger partial charge in [0.1, 0.15) is 6.73 Å². The predicted octanol–water partition coefficient (Wildman–Crippen LogP) is 3.54. The minimum Gasteiger partial charge on any atom is -0.360 e. The Bertz CT molecular complexity index is 737. The van der Waals surface area contributed by atoms with E-state index in [-0.39, 0.29) is 5.91 Å². The Kier molecular flexibility index (Phi) is 6.37. The first-order chi connectivity index (χ1) is 11.8. The minimum atomic E-state index is -1.09. The molecule has 138 valence electrons. The summed E-state index contributed by atoms with van der Waals surface area (Å²) in [7, 11) is 1.97. The summed E-state index contributed by atoms with van der Waals surface area (Å²) in [6.45, 7) is 10.3. The van der Waals surface area contributed by atoms with Crippen LogP contribution in [0.5, 0.6) is 0 Å². The standard InChI is InChI=1S/C18H29N3O3Si/c1-7-17-15-9-8-14(18(22)20(2)23-3)12-16(15)19-21(17)13-24-10-11-25(4,5)6/h8-9,12H,7,10-11,13H2,1-6H3. The summed E-state index contributed by atoms with van der Waals surface area (Å²) < 4.78 is 7.75. The fraction of sp³-hybridized carbons (Fsp3) is 0.556. The van der Waals surface area contributed by atoms with Crippen molar-refractivity contribution in [2.75, 3.05) is 20.8 Å². The molecule has 0 unspecified atom stereocenters. The molecule has 0 aliphatic heterocycles. The predicted molar refractivity (Wildman–Crippen MR) is 102 cm³/mol. The molecule has 7 heteroatoms. The van der Waals surface area contributed by atoms with Crippen LogP contribution in [0.25, 0.3) is 10.9 Å². The van der Waals surface area contributed by atoms with E-state index in [0.717, 1.165) is 35.7 Å². The molecule has 1 amide bonds. The van der Waals surface area contributed by atoms with Crippen LogP contribution < -0.4 is 0 Å². The van der Waals surface area contributed by atoms with Gasteiger partial charge >= 0.3 is 0 Å². The number of hydrogen-bond acceptors (Lipinski definition) is 4. The number of rotatable bonds is 8. The van der Waals surface area contributed by atoms with E-state index in [0.29, 0.717) is 12.3 Å². The summed E-state index contributed by atoms with van der Waals surface area (Å²) in [6, 6.07) is 6.72. The Balaban J connectivity index is 2.19. The number of carbonyl (C=O) groups excluding carboxylic acids is 1. The van der Waals surface area contributed by atoms with Crippen LogP contribution in [0, 0.1) is 0 Å². The highest BCUT2D eigenvalue weighted by atomic mass is 28.3. The van der Waals surface area contributed by atoms with Crippen LogP contribution in [0.1, 0.15) is 23.0 Å². The first kappa shape index (κ1) is 19.6. The van der Waals surface area contributed by atoms with Crippen LogP contribution in [0.3, 0.4) is 0 Å². The number of benzene rings is 1. The van der Waals surface area contributed by atoms with Crippen molar-refractivity contribution >= 4 is 24.9 Å². The van der Waals surface area contributed by atoms with Crippen LogP contribution in [-0.4, -0.2) is 49.6 Å². The van der Waals surface area contributed by atoms with Gasteiger partial charge in [-0.1, -0.05) is 32.6 Å². The maximum absolute atomic E-state index is 12.2. The quantitative estimate of drug-likeness (QED) is 0.409. The Labute approximate surface area is 150 Å². The van der Waals surface area contributed by atoms with Crippen molar-refractivity contribution in [1.82, 2.24) is 14.8 Å². The molecule has 0 aliphatic rings. The topological polar surface area (TPSA) is 56.6 Å². The number of aryl methyl sites for hydroxylation is 1. The molecule has 6 nitrogen and oxygen atoms in total. The van der Waals surface area contributed by atoms with Gasteiger partial charge in [-0.3, -0.25) is 9.63 Å². The van der Waals surface area contributed by atoms with Crippen LogP contribution in [0.2, 0.25) is 25.7 Å². The number of aromatic nitrogens is 2.